The number of carbonyl (C=O) groups excluding carboxylic acids is 1. The van der Waals surface area contributed by atoms with Gasteiger partial charge in [0, 0.05) is 20.3 Å². The second-order valence-corrected chi connectivity index (χ2v) is 6.03. The number of sulfonamides is 1. The molecule has 1 fully saturated rings. The van der Waals surface area contributed by atoms with Crippen LogP contribution in [0.25, 0.3) is 0 Å². The highest BCUT2D eigenvalue weighted by Gasteiger charge is 2.31. The Bertz CT molecular complexity index is 608. The van der Waals surface area contributed by atoms with E-state index in [-0.39, 0.29) is 23.3 Å². The molecule has 2 rings (SSSR count). The quantitative estimate of drug-likeness (QED) is 0.837. The number of hydrogen-bond acceptors (Lipinski definition) is 5. The molecule has 0 bridgehead atoms. The number of rotatable bonds is 4. The Morgan fingerprint density at radius 3 is 2.58 bits per heavy atom. The van der Waals surface area contributed by atoms with E-state index < -0.39 is 15.0 Å². The minimum absolute atomic E-state index is 0.0498. The van der Waals surface area contributed by atoms with Gasteiger partial charge >= 0.3 is 0 Å². The van der Waals surface area contributed by atoms with E-state index >= 15 is 0 Å². The average molecular weight is 285 g/mol. The van der Waals surface area contributed by atoms with Crippen molar-refractivity contribution in [3.63, 3.8) is 0 Å². The Labute approximate surface area is 111 Å². The summed E-state index contributed by atoms with van der Waals surface area (Å²) in [4.78, 5) is 17.1. The second-order valence-electron chi connectivity index (χ2n) is 4.55. The van der Waals surface area contributed by atoms with E-state index in [4.69, 9.17) is 9.88 Å². The van der Waals surface area contributed by atoms with Crippen LogP contribution >= 0.6 is 0 Å². The highest BCUT2D eigenvalue weighted by Crippen LogP contribution is 2.33. The van der Waals surface area contributed by atoms with Crippen molar-refractivity contribution < 1.29 is 17.9 Å². The third-order valence-electron chi connectivity index (χ3n) is 2.59. The summed E-state index contributed by atoms with van der Waals surface area (Å²) in [5, 5.41) is 4.71. The van der Waals surface area contributed by atoms with Crippen LogP contribution in [0.3, 0.4) is 0 Å². The number of hydrogen-bond donors (Lipinski definition) is 1. The van der Waals surface area contributed by atoms with E-state index in [1.54, 1.807) is 14.1 Å². The first kappa shape index (κ1) is 13.8. The van der Waals surface area contributed by atoms with Crippen molar-refractivity contribution in [1.82, 2.24) is 9.88 Å². The van der Waals surface area contributed by atoms with Crippen LogP contribution in [0, 0.1) is 0 Å². The predicted octanol–water partition coefficient (Wildman–Crippen LogP) is -0.0280. The lowest BCUT2D eigenvalue weighted by atomic mass is 10.2. The van der Waals surface area contributed by atoms with E-state index in [0.29, 0.717) is 0 Å². The molecule has 0 aliphatic heterocycles. The summed E-state index contributed by atoms with van der Waals surface area (Å²) in [5.74, 6) is -0.408. The maximum absolute atomic E-state index is 12.0. The van der Waals surface area contributed by atoms with Gasteiger partial charge in [-0.2, -0.15) is 0 Å². The number of ether oxygens (including phenoxy) is 1. The maximum Gasteiger partial charge on any atom is 0.259 e. The molecule has 1 heterocycles. The molecule has 0 radical (unpaired) electrons. The molecule has 0 aromatic carbocycles. The van der Waals surface area contributed by atoms with Gasteiger partial charge in [-0.3, -0.25) is 4.79 Å². The molecule has 7 nitrogen and oxygen atoms in total. The molecule has 0 unspecified atom stereocenters. The van der Waals surface area contributed by atoms with Gasteiger partial charge in [-0.1, -0.05) is 0 Å². The monoisotopic (exact) mass is 285 g/mol. The van der Waals surface area contributed by atoms with Gasteiger partial charge in [0.1, 0.15) is 0 Å². The number of amides is 1. The first-order chi connectivity index (χ1) is 8.80. The van der Waals surface area contributed by atoms with Gasteiger partial charge in [0.05, 0.1) is 11.7 Å². The predicted molar refractivity (Wildman–Crippen MR) is 67.3 cm³/mol. The summed E-state index contributed by atoms with van der Waals surface area (Å²) in [6.45, 7) is 0. The van der Waals surface area contributed by atoms with Crippen LogP contribution in [0.2, 0.25) is 0 Å². The summed E-state index contributed by atoms with van der Waals surface area (Å²) in [6.07, 6.45) is 2.82. The van der Waals surface area contributed by atoms with E-state index in [1.807, 2.05) is 0 Å². The Balaban J connectivity index is 2.56. The fourth-order valence-corrected chi connectivity index (χ4v) is 2.13. The molecule has 1 aromatic heterocycles. The fraction of sp³-hybridized carbons (Fsp3) is 0.455. The fourth-order valence-electron chi connectivity index (χ4n) is 1.51. The lowest BCUT2D eigenvalue weighted by molar-refractivity contribution is 0.0822. The van der Waals surface area contributed by atoms with E-state index in [1.165, 1.54) is 17.2 Å². The van der Waals surface area contributed by atoms with E-state index in [0.717, 1.165) is 12.8 Å². The van der Waals surface area contributed by atoms with Crippen LogP contribution in [0.15, 0.2) is 17.3 Å². The zero-order valence-electron chi connectivity index (χ0n) is 10.7. The Morgan fingerprint density at radius 1 is 1.47 bits per heavy atom. The Morgan fingerprint density at radius 2 is 2.11 bits per heavy atom. The molecule has 104 valence electrons. The first-order valence-corrected chi connectivity index (χ1v) is 7.25. The lowest BCUT2D eigenvalue weighted by Gasteiger charge is -2.16. The maximum atomic E-state index is 12.0. The topological polar surface area (TPSA) is 103 Å². The van der Waals surface area contributed by atoms with Crippen molar-refractivity contribution in [2.24, 2.45) is 5.14 Å². The van der Waals surface area contributed by atoms with Gasteiger partial charge in [-0.25, -0.2) is 18.5 Å². The van der Waals surface area contributed by atoms with Gasteiger partial charge in [0.2, 0.25) is 5.03 Å². The molecule has 0 saturated heterocycles. The molecular weight excluding hydrogens is 270 g/mol. The number of carbonyl (C=O) groups is 1. The standard InChI is InChI=1S/C11H15N3O4S/c1-14(2)11(15)8-5-6-13-10(19(12,16)17)9(8)18-7-3-4-7/h5-7H,3-4H2,1-2H3,(H2,12,16,17). The van der Waals surface area contributed by atoms with Crippen LogP contribution in [0.5, 0.6) is 5.75 Å². The Kier molecular flexibility index (Phi) is 3.46. The third kappa shape index (κ3) is 3.02. The van der Waals surface area contributed by atoms with Crippen LogP contribution < -0.4 is 9.88 Å². The summed E-state index contributed by atoms with van der Waals surface area (Å²) in [6, 6.07) is 1.43. The van der Waals surface area contributed by atoms with Crippen molar-refractivity contribution in [3.8, 4) is 5.75 Å². The third-order valence-corrected chi connectivity index (χ3v) is 3.42. The SMILES string of the molecule is CN(C)C(=O)c1ccnc(S(N)(=O)=O)c1OC1CC1. The van der Waals surface area contributed by atoms with Crippen LogP contribution in [-0.2, 0) is 10.0 Å². The zero-order chi connectivity index (χ0) is 14.2. The minimum atomic E-state index is -4.04. The highest BCUT2D eigenvalue weighted by molar-refractivity contribution is 7.89. The molecule has 1 aromatic rings. The second kappa shape index (κ2) is 4.78. The summed E-state index contributed by atoms with van der Waals surface area (Å²) < 4.78 is 28.5. The van der Waals surface area contributed by atoms with Crippen LogP contribution in [0.1, 0.15) is 23.2 Å². The molecule has 1 saturated carbocycles. The smallest absolute Gasteiger partial charge is 0.259 e. The molecule has 1 aliphatic carbocycles. The normalized spacial score (nSPS) is 15.1. The largest absolute Gasteiger partial charge is 0.486 e. The van der Waals surface area contributed by atoms with E-state index in [2.05, 4.69) is 4.98 Å². The number of primary sulfonamides is 1. The number of nitrogens with two attached hydrogens (primary N) is 1. The number of pyridine rings is 1. The first-order valence-electron chi connectivity index (χ1n) is 5.71. The summed E-state index contributed by atoms with van der Waals surface area (Å²) in [7, 11) is -0.900. The number of nitrogens with zero attached hydrogens (tertiary/aromatic N) is 2. The Hall–Kier alpha value is -1.67. The van der Waals surface area contributed by atoms with Gasteiger partial charge < -0.3 is 9.64 Å². The van der Waals surface area contributed by atoms with Gasteiger partial charge in [-0.15, -0.1) is 0 Å². The van der Waals surface area contributed by atoms with Gasteiger partial charge in [0.25, 0.3) is 15.9 Å². The molecule has 0 spiro atoms. The summed E-state index contributed by atoms with van der Waals surface area (Å²) in [5.41, 5.74) is 0.149. The zero-order valence-corrected chi connectivity index (χ0v) is 11.5. The van der Waals surface area contributed by atoms with Crippen LogP contribution in [0.4, 0.5) is 0 Å². The summed E-state index contributed by atoms with van der Waals surface area (Å²) >= 11 is 0. The van der Waals surface area contributed by atoms with Gasteiger partial charge in [0.15, 0.2) is 5.75 Å². The van der Waals surface area contributed by atoms with Crippen molar-refractivity contribution in [2.45, 2.75) is 24.0 Å². The molecule has 1 aliphatic rings. The molecule has 1 amide bonds. The molecule has 19 heavy (non-hydrogen) atoms. The van der Waals surface area contributed by atoms with E-state index in [9.17, 15) is 13.2 Å². The number of aromatic nitrogens is 1. The average Bonchev–Trinajstić information content (AvgIpc) is 3.10. The van der Waals surface area contributed by atoms with Crippen molar-refractivity contribution in [1.29, 1.82) is 0 Å². The lowest BCUT2D eigenvalue weighted by Crippen LogP contribution is -2.24. The van der Waals surface area contributed by atoms with Gasteiger partial charge in [-0.05, 0) is 18.9 Å². The van der Waals surface area contributed by atoms with Crippen molar-refractivity contribution in [2.75, 3.05) is 14.1 Å². The van der Waals surface area contributed by atoms with Crippen molar-refractivity contribution in [3.05, 3.63) is 17.8 Å². The minimum Gasteiger partial charge on any atom is -0.486 e. The molecule has 8 heteroatoms. The molecule has 0 atom stereocenters. The highest BCUT2D eigenvalue weighted by atomic mass is 32.2. The molecular formula is C11H15N3O4S. The van der Waals surface area contributed by atoms with Crippen molar-refractivity contribution >= 4 is 15.9 Å². The molecule has 2 N–H and O–H groups in total. The van der Waals surface area contributed by atoms with Crippen LogP contribution in [-0.4, -0.2) is 44.4 Å².